The van der Waals surface area contributed by atoms with Crippen molar-refractivity contribution in [1.82, 2.24) is 10.2 Å². The van der Waals surface area contributed by atoms with Gasteiger partial charge in [-0.05, 0) is 153 Å². The number of hydrogen-bond donors (Lipinski definition) is 1. The number of rotatable bonds is 15. The number of fused-ring (bicyclic) bond motifs is 1. The molecule has 2 heterocycles. The number of ketones is 1. The number of carbonyl (C=O) groups is 1. The minimum atomic E-state index is 0.377. The van der Waals surface area contributed by atoms with Crippen molar-refractivity contribution in [3.05, 3.63) is 93.2 Å². The van der Waals surface area contributed by atoms with Crippen LogP contribution in [-0.4, -0.2) is 44.0 Å². The summed E-state index contributed by atoms with van der Waals surface area (Å²) in [7, 11) is 2.18. The summed E-state index contributed by atoms with van der Waals surface area (Å²) in [6, 6.07) is 13.8. The van der Waals surface area contributed by atoms with E-state index in [9.17, 15) is 4.79 Å². The third kappa shape index (κ3) is 7.50. The number of carbonyl (C=O) groups excluding carboxylic acids is 1. The first-order valence-corrected chi connectivity index (χ1v) is 18.0. The molecular weight excluding hydrogens is 564 g/mol. The van der Waals surface area contributed by atoms with Crippen LogP contribution in [0.5, 0.6) is 0 Å². The van der Waals surface area contributed by atoms with E-state index < -0.39 is 0 Å². The lowest BCUT2D eigenvalue weighted by atomic mass is 9.84. The highest BCUT2D eigenvalue weighted by Gasteiger charge is 2.47. The molecule has 4 heteroatoms. The SMILES string of the molecule is CCCCN(C)CCCC(=O)C1=CC(CC)=C(/C(C)=C/c2cccc(-c3ccc(CC4CCOCC4)c(C4=CN4)c3)c2C)C2CC12. The number of nitrogens with zero attached hydrogens (tertiary/aromatic N) is 1. The maximum absolute atomic E-state index is 13.3. The van der Waals surface area contributed by atoms with Crippen molar-refractivity contribution in [2.24, 2.45) is 17.8 Å². The van der Waals surface area contributed by atoms with Gasteiger partial charge in [0.15, 0.2) is 5.78 Å². The number of hydrogen-bond acceptors (Lipinski definition) is 4. The standard InChI is InChI=1S/C42H54N2O2/c1-6-8-18-44(5)19-10-13-41(45)38-24-31(7-2)42(39-26-37(38)39)28(3)22-32-11-9-12-35(29(32)4)34-15-14-33(36(25-34)40-27-43-40)23-30-16-20-46-21-17-30/h9,11-12,14-15,22,24-25,27,30,37,39,43H,6-8,10,13,16-21,23,26H2,1-5H3/b28-22+. The highest BCUT2D eigenvalue weighted by atomic mass is 16.5. The van der Waals surface area contributed by atoms with Crippen molar-refractivity contribution >= 4 is 17.6 Å². The molecule has 0 spiro atoms. The fourth-order valence-electron chi connectivity index (χ4n) is 7.85. The zero-order valence-corrected chi connectivity index (χ0v) is 28.9. The van der Waals surface area contributed by atoms with Gasteiger partial charge in [-0.15, -0.1) is 0 Å². The Kier molecular flexibility index (Phi) is 10.5. The molecule has 2 unspecified atom stereocenters. The van der Waals surface area contributed by atoms with Gasteiger partial charge in [-0.2, -0.15) is 0 Å². The second-order valence-corrected chi connectivity index (χ2v) is 14.2. The Morgan fingerprint density at radius 1 is 1.04 bits per heavy atom. The van der Waals surface area contributed by atoms with Gasteiger partial charge in [0.05, 0.1) is 5.70 Å². The molecule has 6 rings (SSSR count). The monoisotopic (exact) mass is 618 g/mol. The summed E-state index contributed by atoms with van der Waals surface area (Å²) in [6.07, 6.45) is 16.4. The largest absolute Gasteiger partial charge is 0.381 e. The molecule has 2 aliphatic heterocycles. The Morgan fingerprint density at radius 2 is 1.83 bits per heavy atom. The highest BCUT2D eigenvalue weighted by Crippen LogP contribution is 2.56. The Bertz CT molecular complexity index is 1570. The number of allylic oxidation sites excluding steroid dienone is 5. The van der Waals surface area contributed by atoms with Crippen LogP contribution in [-0.2, 0) is 16.0 Å². The molecule has 2 aromatic rings. The first-order chi connectivity index (χ1) is 22.4. The minimum absolute atomic E-state index is 0.377. The zero-order valence-electron chi connectivity index (χ0n) is 28.9. The van der Waals surface area contributed by atoms with E-state index in [1.807, 2.05) is 0 Å². The fraction of sp³-hybridized carbons (Fsp3) is 0.500. The van der Waals surface area contributed by atoms with Gasteiger partial charge in [0.25, 0.3) is 0 Å². The zero-order chi connectivity index (χ0) is 32.2. The van der Waals surface area contributed by atoms with Crippen LogP contribution < -0.4 is 5.32 Å². The molecule has 2 aliphatic carbocycles. The molecule has 2 aromatic carbocycles. The number of ether oxygens (including phenoxy) is 1. The van der Waals surface area contributed by atoms with Crippen molar-refractivity contribution < 1.29 is 9.53 Å². The molecule has 1 N–H and O–H groups in total. The normalized spacial score (nSPS) is 21.1. The molecule has 4 aliphatic rings. The van der Waals surface area contributed by atoms with Gasteiger partial charge in [0, 0.05) is 31.4 Å². The predicted octanol–water partition coefficient (Wildman–Crippen LogP) is 9.30. The number of nitrogens with one attached hydrogen (secondary N) is 1. The van der Waals surface area contributed by atoms with Crippen molar-refractivity contribution in [2.75, 3.05) is 33.4 Å². The van der Waals surface area contributed by atoms with Crippen LogP contribution in [0.3, 0.4) is 0 Å². The van der Waals surface area contributed by atoms with E-state index in [4.69, 9.17) is 4.74 Å². The van der Waals surface area contributed by atoms with Crippen LogP contribution in [0.2, 0.25) is 0 Å². The molecule has 1 saturated carbocycles. The Balaban J connectivity index is 1.20. The molecule has 4 nitrogen and oxygen atoms in total. The average molecular weight is 619 g/mol. The maximum atomic E-state index is 13.3. The van der Waals surface area contributed by atoms with Crippen molar-refractivity contribution in [3.8, 4) is 11.1 Å². The maximum Gasteiger partial charge on any atom is 0.159 e. The third-order valence-electron chi connectivity index (χ3n) is 10.8. The van der Waals surface area contributed by atoms with Gasteiger partial charge in [-0.3, -0.25) is 4.79 Å². The van der Waals surface area contributed by atoms with E-state index >= 15 is 0 Å². The van der Waals surface area contributed by atoms with E-state index in [1.54, 1.807) is 0 Å². The lowest BCUT2D eigenvalue weighted by Gasteiger charge is -2.23. The van der Waals surface area contributed by atoms with Crippen molar-refractivity contribution in [1.29, 1.82) is 0 Å². The van der Waals surface area contributed by atoms with Crippen LogP contribution in [0.25, 0.3) is 22.9 Å². The van der Waals surface area contributed by atoms with E-state index in [0.717, 1.165) is 70.4 Å². The molecule has 46 heavy (non-hydrogen) atoms. The number of benzene rings is 2. The summed E-state index contributed by atoms with van der Waals surface area (Å²) in [4.78, 5) is 15.7. The Morgan fingerprint density at radius 3 is 2.57 bits per heavy atom. The molecule has 0 amide bonds. The van der Waals surface area contributed by atoms with E-state index in [-0.39, 0.29) is 0 Å². The van der Waals surface area contributed by atoms with E-state index in [0.29, 0.717) is 30.0 Å². The molecule has 1 saturated heterocycles. The second-order valence-electron chi connectivity index (χ2n) is 14.2. The first-order valence-electron chi connectivity index (χ1n) is 18.0. The topological polar surface area (TPSA) is 51.5 Å². The van der Waals surface area contributed by atoms with Gasteiger partial charge in [0.1, 0.15) is 0 Å². The molecule has 0 radical (unpaired) electrons. The summed E-state index contributed by atoms with van der Waals surface area (Å²) in [5.41, 5.74) is 14.5. The molecule has 0 bridgehead atoms. The average Bonchev–Trinajstić information content (AvgIpc) is 4.00. The summed E-state index contributed by atoms with van der Waals surface area (Å²) >= 11 is 0. The molecular formula is C42H54N2O2. The quantitative estimate of drug-likeness (QED) is 0.216. The smallest absolute Gasteiger partial charge is 0.159 e. The molecule has 2 atom stereocenters. The van der Waals surface area contributed by atoms with Crippen molar-refractivity contribution in [2.45, 2.75) is 85.5 Å². The number of unbranched alkanes of at least 4 members (excludes halogenated alkanes) is 1. The lowest BCUT2D eigenvalue weighted by Crippen LogP contribution is -2.22. The number of Topliss-reactive ketones (excluding diaryl/α,β-unsaturated/α-hetero) is 1. The van der Waals surface area contributed by atoms with E-state index in [2.05, 4.69) is 99.7 Å². The summed E-state index contributed by atoms with van der Waals surface area (Å²) < 4.78 is 5.61. The van der Waals surface area contributed by atoms with Gasteiger partial charge in [-0.25, -0.2) is 0 Å². The predicted molar refractivity (Wildman–Crippen MR) is 192 cm³/mol. The minimum Gasteiger partial charge on any atom is -0.381 e. The van der Waals surface area contributed by atoms with E-state index in [1.165, 1.54) is 68.6 Å². The van der Waals surface area contributed by atoms with Gasteiger partial charge in [0.2, 0.25) is 0 Å². The highest BCUT2D eigenvalue weighted by molar-refractivity contribution is 5.97. The molecule has 2 fully saturated rings. The summed E-state index contributed by atoms with van der Waals surface area (Å²) in [5.74, 6) is 1.99. The van der Waals surface area contributed by atoms with Gasteiger partial charge >= 0.3 is 0 Å². The van der Waals surface area contributed by atoms with Crippen LogP contribution in [0.4, 0.5) is 0 Å². The van der Waals surface area contributed by atoms with Crippen LogP contribution in [0.15, 0.2) is 71.0 Å². The van der Waals surface area contributed by atoms with Crippen LogP contribution in [0, 0.1) is 24.7 Å². The Hall–Kier alpha value is -3.21. The molecule has 0 aromatic heterocycles. The first kappa shape index (κ1) is 32.7. The fourth-order valence-corrected chi connectivity index (χ4v) is 7.85. The second kappa shape index (κ2) is 14.7. The van der Waals surface area contributed by atoms with Gasteiger partial charge < -0.3 is 15.0 Å². The summed E-state index contributed by atoms with van der Waals surface area (Å²) in [5, 5.41) is 3.37. The summed E-state index contributed by atoms with van der Waals surface area (Å²) in [6.45, 7) is 12.9. The molecule has 244 valence electrons. The van der Waals surface area contributed by atoms with Crippen molar-refractivity contribution in [3.63, 3.8) is 0 Å². The lowest BCUT2D eigenvalue weighted by molar-refractivity contribution is -0.116. The third-order valence-corrected chi connectivity index (χ3v) is 10.8. The van der Waals surface area contributed by atoms with Crippen LogP contribution >= 0.6 is 0 Å². The van der Waals surface area contributed by atoms with Crippen LogP contribution in [0.1, 0.15) is 94.4 Å². The van der Waals surface area contributed by atoms with Gasteiger partial charge in [-0.1, -0.05) is 62.8 Å². The Labute approximate surface area is 277 Å².